The van der Waals surface area contributed by atoms with Gasteiger partial charge in [0.2, 0.25) is 11.8 Å². The topological polar surface area (TPSA) is 120 Å². The van der Waals surface area contributed by atoms with Crippen molar-refractivity contribution < 1.29 is 19.1 Å². The Balaban J connectivity index is 1.37. The minimum absolute atomic E-state index is 0.0448. The van der Waals surface area contributed by atoms with Crippen molar-refractivity contribution in [1.29, 1.82) is 0 Å². The number of aromatic amines is 1. The van der Waals surface area contributed by atoms with E-state index in [1.807, 2.05) is 35.2 Å². The van der Waals surface area contributed by atoms with Crippen LogP contribution in [-0.2, 0) is 14.3 Å². The number of aromatic nitrogens is 2. The van der Waals surface area contributed by atoms with E-state index < -0.39 is 29.7 Å². The Morgan fingerprint density at radius 3 is 2.59 bits per heavy atom. The van der Waals surface area contributed by atoms with Crippen LogP contribution in [0.1, 0.15) is 58.8 Å². The van der Waals surface area contributed by atoms with Crippen LogP contribution in [0.3, 0.4) is 0 Å². The zero-order chi connectivity index (χ0) is 29.3. The lowest BCUT2D eigenvalue weighted by Gasteiger charge is -2.36. The van der Waals surface area contributed by atoms with E-state index in [9.17, 15) is 14.4 Å². The molecule has 3 N–H and O–H groups in total. The largest absolute Gasteiger partial charge is 0.444 e. The van der Waals surface area contributed by atoms with Crippen molar-refractivity contribution in [2.24, 2.45) is 0 Å². The SMILES string of the molecule is CC(C(=O)NC1CNCCC2CCC(c3nc4c(-c5ccccc5)cccc4[nH]3)N2C1=O)N(C)C(=O)OC(C)(C)C. The highest BCUT2D eigenvalue weighted by molar-refractivity contribution is 5.93. The van der Waals surface area contributed by atoms with Gasteiger partial charge >= 0.3 is 6.09 Å². The van der Waals surface area contributed by atoms with Gasteiger partial charge in [-0.15, -0.1) is 0 Å². The summed E-state index contributed by atoms with van der Waals surface area (Å²) in [6, 6.07) is 14.5. The third kappa shape index (κ3) is 6.07. The molecule has 41 heavy (non-hydrogen) atoms. The molecule has 0 radical (unpaired) electrons. The van der Waals surface area contributed by atoms with E-state index in [1.165, 1.54) is 11.9 Å². The predicted molar refractivity (Wildman–Crippen MR) is 157 cm³/mol. The molecule has 5 rings (SSSR count). The molecule has 4 atom stereocenters. The van der Waals surface area contributed by atoms with Crippen LogP contribution in [-0.4, -0.2) is 81.5 Å². The summed E-state index contributed by atoms with van der Waals surface area (Å²) in [5, 5.41) is 6.22. The molecule has 0 aliphatic carbocycles. The molecule has 3 amide bonds. The van der Waals surface area contributed by atoms with E-state index >= 15 is 0 Å². The van der Waals surface area contributed by atoms with Crippen LogP contribution in [0.15, 0.2) is 48.5 Å². The number of likely N-dealkylation sites (N-methyl/N-ethyl adjacent to an activating group) is 1. The van der Waals surface area contributed by atoms with Crippen LogP contribution in [0.5, 0.6) is 0 Å². The molecule has 0 spiro atoms. The Bertz CT molecular complexity index is 1410. The van der Waals surface area contributed by atoms with Crippen molar-refractivity contribution >= 4 is 28.9 Å². The van der Waals surface area contributed by atoms with Gasteiger partial charge < -0.3 is 25.3 Å². The number of carbonyl (C=O) groups is 3. The van der Waals surface area contributed by atoms with Crippen molar-refractivity contribution in [3.63, 3.8) is 0 Å². The number of hydrogen-bond acceptors (Lipinski definition) is 6. The molecule has 2 fully saturated rings. The molecule has 0 bridgehead atoms. The number of hydrogen-bond donors (Lipinski definition) is 3. The summed E-state index contributed by atoms with van der Waals surface area (Å²) in [5.41, 5.74) is 3.25. The number of nitrogens with one attached hydrogen (secondary N) is 3. The molecular weight excluding hydrogens is 520 g/mol. The van der Waals surface area contributed by atoms with Gasteiger partial charge in [-0.2, -0.15) is 0 Å². The smallest absolute Gasteiger partial charge is 0.410 e. The summed E-state index contributed by atoms with van der Waals surface area (Å²) in [6.45, 7) is 7.99. The van der Waals surface area contributed by atoms with Crippen LogP contribution in [0.25, 0.3) is 22.2 Å². The first-order valence-corrected chi connectivity index (χ1v) is 14.4. The van der Waals surface area contributed by atoms with Crippen molar-refractivity contribution in [2.75, 3.05) is 20.1 Å². The van der Waals surface area contributed by atoms with E-state index in [0.29, 0.717) is 6.54 Å². The summed E-state index contributed by atoms with van der Waals surface area (Å²) in [6.07, 6.45) is 1.88. The van der Waals surface area contributed by atoms with Crippen molar-refractivity contribution in [2.45, 2.75) is 76.7 Å². The van der Waals surface area contributed by atoms with E-state index in [-0.39, 0.29) is 18.0 Å². The fraction of sp³-hybridized carbons (Fsp3) is 0.484. The van der Waals surface area contributed by atoms with Crippen LogP contribution in [0.2, 0.25) is 0 Å². The Labute approximate surface area is 240 Å². The number of amides is 3. The number of ether oxygens (including phenoxy) is 1. The fourth-order valence-corrected chi connectivity index (χ4v) is 5.68. The summed E-state index contributed by atoms with van der Waals surface area (Å²) >= 11 is 0. The lowest BCUT2D eigenvalue weighted by Crippen LogP contribution is -2.59. The number of benzene rings is 2. The monoisotopic (exact) mass is 560 g/mol. The lowest BCUT2D eigenvalue weighted by atomic mass is 10.0. The molecule has 2 aliphatic heterocycles. The molecule has 0 saturated carbocycles. The second-order valence-electron chi connectivity index (χ2n) is 12.0. The molecule has 10 heteroatoms. The number of imidazole rings is 1. The molecule has 2 saturated heterocycles. The standard InChI is InChI=1S/C31H40N6O4/c1-19(36(5)30(40)41-31(2,3)4)28(38)34-24-18-32-17-16-21-14-15-25(37(21)29(24)39)27-33-23-13-9-12-22(26(23)35-27)20-10-7-6-8-11-20/h6-13,19,21,24-25,32H,14-18H2,1-5H3,(H,33,35)(H,34,38). The first-order valence-electron chi connectivity index (χ1n) is 14.4. The summed E-state index contributed by atoms with van der Waals surface area (Å²) in [5.74, 6) is 0.201. The quantitative estimate of drug-likeness (QED) is 0.434. The van der Waals surface area contributed by atoms with Gasteiger partial charge in [0, 0.05) is 25.2 Å². The normalized spacial score (nSPS) is 22.0. The van der Waals surface area contributed by atoms with Crippen LogP contribution < -0.4 is 10.6 Å². The summed E-state index contributed by atoms with van der Waals surface area (Å²) in [7, 11) is 1.52. The molecular formula is C31H40N6O4. The number of nitrogens with zero attached hydrogens (tertiary/aromatic N) is 3. The highest BCUT2D eigenvalue weighted by atomic mass is 16.6. The molecule has 218 valence electrons. The maximum absolute atomic E-state index is 14.0. The van der Waals surface area contributed by atoms with Gasteiger partial charge in [0.05, 0.1) is 17.1 Å². The highest BCUT2D eigenvalue weighted by Crippen LogP contribution is 2.39. The molecule has 10 nitrogen and oxygen atoms in total. The lowest BCUT2D eigenvalue weighted by molar-refractivity contribution is -0.140. The number of para-hydroxylation sites is 1. The van der Waals surface area contributed by atoms with Gasteiger partial charge in [0.15, 0.2) is 0 Å². The molecule has 3 heterocycles. The van der Waals surface area contributed by atoms with Gasteiger partial charge in [0.1, 0.15) is 23.5 Å². The van der Waals surface area contributed by atoms with E-state index in [0.717, 1.165) is 53.8 Å². The Kier molecular flexibility index (Phi) is 8.04. The minimum Gasteiger partial charge on any atom is -0.444 e. The average molecular weight is 561 g/mol. The van der Waals surface area contributed by atoms with Crippen molar-refractivity contribution in [1.82, 2.24) is 30.4 Å². The molecule has 4 unspecified atom stereocenters. The molecule has 3 aromatic rings. The fourth-order valence-electron chi connectivity index (χ4n) is 5.68. The highest BCUT2D eigenvalue weighted by Gasteiger charge is 2.43. The Morgan fingerprint density at radius 2 is 1.85 bits per heavy atom. The van der Waals surface area contributed by atoms with Crippen molar-refractivity contribution in [3.8, 4) is 11.1 Å². The van der Waals surface area contributed by atoms with Gasteiger partial charge in [-0.1, -0.05) is 42.5 Å². The van der Waals surface area contributed by atoms with Crippen LogP contribution >= 0.6 is 0 Å². The average Bonchev–Trinajstić information content (AvgIpc) is 3.56. The third-order valence-corrected chi connectivity index (χ3v) is 7.95. The van der Waals surface area contributed by atoms with Gasteiger partial charge in [0.25, 0.3) is 0 Å². The van der Waals surface area contributed by atoms with Gasteiger partial charge in [-0.05, 0) is 65.1 Å². The van der Waals surface area contributed by atoms with E-state index in [1.54, 1.807) is 27.7 Å². The zero-order valence-electron chi connectivity index (χ0n) is 24.4. The van der Waals surface area contributed by atoms with Gasteiger partial charge in [-0.25, -0.2) is 9.78 Å². The number of rotatable bonds is 5. The van der Waals surface area contributed by atoms with E-state index in [2.05, 4.69) is 33.8 Å². The summed E-state index contributed by atoms with van der Waals surface area (Å²) in [4.78, 5) is 51.5. The zero-order valence-corrected chi connectivity index (χ0v) is 24.4. The first kappa shape index (κ1) is 28.6. The van der Waals surface area contributed by atoms with E-state index in [4.69, 9.17) is 9.72 Å². The second-order valence-corrected chi connectivity index (χ2v) is 12.0. The maximum Gasteiger partial charge on any atom is 0.410 e. The first-order chi connectivity index (χ1) is 19.5. The summed E-state index contributed by atoms with van der Waals surface area (Å²) < 4.78 is 5.41. The van der Waals surface area contributed by atoms with Crippen molar-refractivity contribution in [3.05, 3.63) is 54.4 Å². The predicted octanol–water partition coefficient (Wildman–Crippen LogP) is 4.00. The third-order valence-electron chi connectivity index (χ3n) is 7.95. The maximum atomic E-state index is 14.0. The van der Waals surface area contributed by atoms with Crippen LogP contribution in [0, 0.1) is 0 Å². The molecule has 1 aromatic heterocycles. The molecule has 2 aliphatic rings. The minimum atomic E-state index is -0.819. The number of carbonyl (C=O) groups excluding carboxylic acids is 3. The Morgan fingerprint density at radius 1 is 1.10 bits per heavy atom. The Hall–Kier alpha value is -3.92. The van der Waals surface area contributed by atoms with Crippen LogP contribution in [0.4, 0.5) is 4.79 Å². The number of H-pyrrole nitrogens is 1. The second kappa shape index (κ2) is 11.5. The molecule has 2 aromatic carbocycles. The van der Waals surface area contributed by atoms with Gasteiger partial charge in [-0.3, -0.25) is 14.5 Å². The number of fused-ring (bicyclic) bond motifs is 2.